The summed E-state index contributed by atoms with van der Waals surface area (Å²) in [6.07, 6.45) is 1.32. The molecule has 9 heteroatoms. The zero-order chi connectivity index (χ0) is 14.8. The first-order valence-electron chi connectivity index (χ1n) is 5.68. The van der Waals surface area contributed by atoms with Gasteiger partial charge in [-0.05, 0) is 0 Å². The molecule has 108 valence electrons. The Kier molecular flexibility index (Phi) is 4.53. The number of hydrogen-bond acceptors (Lipinski definition) is 5. The molecule has 0 unspecified atom stereocenters. The summed E-state index contributed by atoms with van der Waals surface area (Å²) in [7, 11) is 0.844. The lowest BCUT2D eigenvalue weighted by Crippen LogP contribution is -2.40. The molecule has 0 saturated carbocycles. The second-order valence-corrected chi connectivity index (χ2v) is 6.12. The van der Waals surface area contributed by atoms with Crippen molar-refractivity contribution in [3.63, 3.8) is 0 Å². The molecule has 1 aromatic rings. The maximum Gasteiger partial charge on any atom is 0.262 e. The molecule has 0 aliphatic carbocycles. The molecule has 0 aliphatic rings. The number of hydrogen-bond donors (Lipinski definition) is 1. The molecule has 1 amide bonds. The molecule has 19 heavy (non-hydrogen) atoms. The molecule has 0 aliphatic heterocycles. The minimum atomic E-state index is -3.84. The predicted octanol–water partition coefficient (Wildman–Crippen LogP) is -0.899. The summed E-state index contributed by atoms with van der Waals surface area (Å²) in [4.78, 5) is 16.8. The van der Waals surface area contributed by atoms with Crippen LogP contribution in [0.1, 0.15) is 6.92 Å². The van der Waals surface area contributed by atoms with E-state index in [-0.39, 0.29) is 29.8 Å². The Morgan fingerprint density at radius 1 is 1.47 bits per heavy atom. The summed E-state index contributed by atoms with van der Waals surface area (Å²) < 4.78 is 27.3. The third-order valence-electron chi connectivity index (χ3n) is 2.66. The number of carbonyl (C=O) groups is 1. The van der Waals surface area contributed by atoms with Crippen LogP contribution in [0.3, 0.4) is 0 Å². The van der Waals surface area contributed by atoms with E-state index in [0.717, 1.165) is 4.31 Å². The monoisotopic (exact) mass is 289 g/mol. The Balaban J connectivity index is 3.14. The van der Waals surface area contributed by atoms with Crippen molar-refractivity contribution in [1.82, 2.24) is 18.8 Å². The largest absolute Gasteiger partial charge is 0.381 e. The van der Waals surface area contributed by atoms with E-state index in [9.17, 15) is 13.2 Å². The van der Waals surface area contributed by atoms with Crippen molar-refractivity contribution in [1.29, 1.82) is 0 Å². The Hall–Kier alpha value is -1.61. The summed E-state index contributed by atoms with van der Waals surface area (Å²) in [5.41, 5.74) is 5.58. The van der Waals surface area contributed by atoms with Crippen LogP contribution in [0.5, 0.6) is 0 Å². The van der Waals surface area contributed by atoms with E-state index in [2.05, 4.69) is 4.98 Å². The fourth-order valence-corrected chi connectivity index (χ4v) is 3.13. The summed E-state index contributed by atoms with van der Waals surface area (Å²) >= 11 is 0. The SMILES string of the molecule is CCN(CC(=O)N(C)C)S(=O)(=O)c1c(N)ncn1C. The Bertz CT molecular complexity index is 544. The number of amides is 1. The van der Waals surface area contributed by atoms with Crippen molar-refractivity contribution < 1.29 is 13.2 Å². The number of nitrogen functional groups attached to an aromatic ring is 1. The fourth-order valence-electron chi connectivity index (χ4n) is 1.53. The van der Waals surface area contributed by atoms with Gasteiger partial charge in [-0.15, -0.1) is 0 Å². The summed E-state index contributed by atoms with van der Waals surface area (Å²) in [5, 5.41) is -0.0964. The lowest BCUT2D eigenvalue weighted by Gasteiger charge is -2.22. The van der Waals surface area contributed by atoms with Crippen molar-refractivity contribution >= 4 is 21.7 Å². The van der Waals surface area contributed by atoms with Crippen molar-refractivity contribution in [2.75, 3.05) is 32.9 Å². The molecule has 0 bridgehead atoms. The van der Waals surface area contributed by atoms with Gasteiger partial charge in [0.05, 0.1) is 12.9 Å². The van der Waals surface area contributed by atoms with Gasteiger partial charge in [0, 0.05) is 27.7 Å². The Morgan fingerprint density at radius 3 is 2.42 bits per heavy atom. The number of carbonyl (C=O) groups excluding carboxylic acids is 1. The average Bonchev–Trinajstić information content (AvgIpc) is 2.65. The molecular weight excluding hydrogens is 270 g/mol. The zero-order valence-corrected chi connectivity index (χ0v) is 12.3. The molecule has 8 nitrogen and oxygen atoms in total. The van der Waals surface area contributed by atoms with Gasteiger partial charge < -0.3 is 15.2 Å². The van der Waals surface area contributed by atoms with Crippen LogP contribution in [0, 0.1) is 0 Å². The molecule has 0 saturated heterocycles. The first kappa shape index (κ1) is 15.4. The number of likely N-dealkylation sites (N-methyl/N-ethyl adjacent to an activating group) is 2. The van der Waals surface area contributed by atoms with Gasteiger partial charge in [-0.25, -0.2) is 13.4 Å². The lowest BCUT2D eigenvalue weighted by molar-refractivity contribution is -0.128. The number of aryl methyl sites for hydroxylation is 1. The summed E-state index contributed by atoms with van der Waals surface area (Å²) in [6, 6.07) is 0. The van der Waals surface area contributed by atoms with Gasteiger partial charge in [-0.3, -0.25) is 4.79 Å². The summed E-state index contributed by atoms with van der Waals surface area (Å²) in [6.45, 7) is 1.61. The second kappa shape index (κ2) is 5.57. The van der Waals surface area contributed by atoms with Crippen LogP contribution in [0.25, 0.3) is 0 Å². The highest BCUT2D eigenvalue weighted by Gasteiger charge is 2.30. The maximum absolute atomic E-state index is 12.4. The third-order valence-corrected chi connectivity index (χ3v) is 4.71. The van der Waals surface area contributed by atoms with Gasteiger partial charge in [0.25, 0.3) is 10.0 Å². The van der Waals surface area contributed by atoms with E-state index in [4.69, 9.17) is 5.73 Å². The predicted molar refractivity (Wildman–Crippen MR) is 70.7 cm³/mol. The van der Waals surface area contributed by atoms with Gasteiger partial charge in [0.1, 0.15) is 0 Å². The first-order valence-corrected chi connectivity index (χ1v) is 7.12. The van der Waals surface area contributed by atoms with Crippen molar-refractivity contribution in [3.8, 4) is 0 Å². The van der Waals surface area contributed by atoms with E-state index >= 15 is 0 Å². The van der Waals surface area contributed by atoms with Gasteiger partial charge in [0.15, 0.2) is 10.8 Å². The summed E-state index contributed by atoms with van der Waals surface area (Å²) in [5.74, 6) is -0.371. The lowest BCUT2D eigenvalue weighted by atomic mass is 10.5. The molecular formula is C10H19N5O3S. The van der Waals surface area contributed by atoms with Crippen molar-refractivity contribution in [2.45, 2.75) is 11.9 Å². The van der Waals surface area contributed by atoms with Crippen LogP contribution in [0.4, 0.5) is 5.82 Å². The molecule has 2 N–H and O–H groups in total. The smallest absolute Gasteiger partial charge is 0.262 e. The highest BCUT2D eigenvalue weighted by Crippen LogP contribution is 2.20. The van der Waals surface area contributed by atoms with Crippen LogP contribution in [0.2, 0.25) is 0 Å². The standard InChI is InChI=1S/C10H19N5O3S/c1-5-15(6-8(16)13(2)3)19(17,18)10-9(11)12-7-14(10)4/h7H,5-6,11H2,1-4H3. The van der Waals surface area contributed by atoms with E-state index in [1.807, 2.05) is 0 Å². The van der Waals surface area contributed by atoms with E-state index < -0.39 is 10.0 Å². The normalized spacial score (nSPS) is 11.8. The molecule has 1 heterocycles. The van der Waals surface area contributed by atoms with Crippen LogP contribution in [0.15, 0.2) is 11.4 Å². The highest BCUT2D eigenvalue weighted by atomic mass is 32.2. The zero-order valence-electron chi connectivity index (χ0n) is 11.5. The fraction of sp³-hybridized carbons (Fsp3) is 0.600. The molecule has 0 atom stereocenters. The minimum absolute atomic E-state index is 0.0711. The van der Waals surface area contributed by atoms with Gasteiger partial charge in [-0.2, -0.15) is 4.31 Å². The van der Waals surface area contributed by atoms with Crippen molar-refractivity contribution in [2.24, 2.45) is 7.05 Å². The number of anilines is 1. The molecule has 1 aromatic heterocycles. The number of nitrogens with zero attached hydrogens (tertiary/aromatic N) is 4. The molecule has 0 radical (unpaired) electrons. The number of aromatic nitrogens is 2. The van der Waals surface area contributed by atoms with Crippen LogP contribution < -0.4 is 5.73 Å². The second-order valence-electron chi connectivity index (χ2n) is 4.27. The molecule has 0 fully saturated rings. The van der Waals surface area contributed by atoms with Crippen LogP contribution in [-0.2, 0) is 21.9 Å². The van der Waals surface area contributed by atoms with E-state index in [1.165, 1.54) is 22.8 Å². The Labute approximate surface area is 112 Å². The molecule has 0 spiro atoms. The minimum Gasteiger partial charge on any atom is -0.381 e. The number of rotatable bonds is 5. The third kappa shape index (κ3) is 3.04. The van der Waals surface area contributed by atoms with Crippen LogP contribution in [-0.4, -0.2) is 60.3 Å². The topological polar surface area (TPSA) is 102 Å². The Morgan fingerprint density at radius 2 is 2.05 bits per heavy atom. The quantitative estimate of drug-likeness (QED) is 0.757. The molecule has 0 aromatic carbocycles. The first-order chi connectivity index (χ1) is 8.71. The van der Waals surface area contributed by atoms with E-state index in [1.54, 1.807) is 21.0 Å². The van der Waals surface area contributed by atoms with Gasteiger partial charge >= 0.3 is 0 Å². The number of imidazole rings is 1. The maximum atomic E-state index is 12.4. The number of sulfonamides is 1. The number of nitrogens with two attached hydrogens (primary N) is 1. The van der Waals surface area contributed by atoms with Gasteiger partial charge in [-0.1, -0.05) is 6.92 Å². The molecule has 1 rings (SSSR count). The van der Waals surface area contributed by atoms with E-state index in [0.29, 0.717) is 0 Å². The average molecular weight is 289 g/mol. The highest BCUT2D eigenvalue weighted by molar-refractivity contribution is 7.89. The van der Waals surface area contributed by atoms with Crippen molar-refractivity contribution in [3.05, 3.63) is 6.33 Å². The van der Waals surface area contributed by atoms with Crippen LogP contribution >= 0.6 is 0 Å². The van der Waals surface area contributed by atoms with Gasteiger partial charge in [0.2, 0.25) is 5.91 Å².